The van der Waals surface area contributed by atoms with E-state index in [9.17, 15) is 0 Å². The third-order valence-corrected chi connectivity index (χ3v) is 20.1. The highest BCUT2D eigenvalue weighted by molar-refractivity contribution is 5.84. The van der Waals surface area contributed by atoms with E-state index in [0.717, 1.165) is 38.5 Å². The summed E-state index contributed by atoms with van der Waals surface area (Å²) in [6.07, 6.45) is 6.64. The zero-order chi connectivity index (χ0) is 86.5. The van der Waals surface area contributed by atoms with Crippen LogP contribution in [0.3, 0.4) is 0 Å². The van der Waals surface area contributed by atoms with Gasteiger partial charge in [-0.05, 0) is 300 Å². The van der Waals surface area contributed by atoms with Crippen molar-refractivity contribution in [1.82, 2.24) is 0 Å². The van der Waals surface area contributed by atoms with Crippen molar-refractivity contribution < 1.29 is 0 Å². The SMILES string of the molecule is CC.CC.CC.CC.CC.CC.CC.CC.CC.CC.CC.CC.Cc1cc(C)c2c(c1)-c1ccccc1C2.Cc1ccc(C)c2c1Cc1ccccc1-2.Cc1ccc2c(c1)-c1c(C)cccc1C2.Cc1ccc2c(c1)-c1cc(C)ccc1C2.Cc1ccc2c(c1C)Cc1ccccc1-2.Cc1cccc2c1-c1c(C)cccc1C2. The summed E-state index contributed by atoms with van der Waals surface area (Å²) in [5.74, 6) is 0. The lowest BCUT2D eigenvalue weighted by atomic mass is 9.97. The first-order valence-corrected chi connectivity index (χ1v) is 44.6. The van der Waals surface area contributed by atoms with Gasteiger partial charge in [-0.2, -0.15) is 0 Å². The fourth-order valence-electron chi connectivity index (χ4n) is 15.3. The van der Waals surface area contributed by atoms with Crippen LogP contribution in [0.15, 0.2) is 218 Å². The van der Waals surface area contributed by atoms with Crippen LogP contribution in [-0.4, -0.2) is 0 Å². The molecular weight excluding hydrogens is 1370 g/mol. The second-order valence-corrected chi connectivity index (χ2v) is 26.5. The molecule has 0 N–H and O–H groups in total. The van der Waals surface area contributed by atoms with Gasteiger partial charge in [0.05, 0.1) is 0 Å². The number of benzene rings is 12. The second kappa shape index (κ2) is 55.2. The number of hydrogen-bond acceptors (Lipinski definition) is 0. The molecule has 0 unspecified atom stereocenters. The molecule has 0 spiro atoms. The van der Waals surface area contributed by atoms with Gasteiger partial charge >= 0.3 is 0 Å². The predicted octanol–water partition coefficient (Wildman–Crippen LogP) is 35.6. The molecule has 12 aromatic carbocycles. The Morgan fingerprint density at radius 1 is 0.149 bits per heavy atom. The van der Waals surface area contributed by atoms with Crippen LogP contribution in [-0.2, 0) is 38.5 Å². The predicted molar refractivity (Wildman–Crippen MR) is 521 cm³/mol. The van der Waals surface area contributed by atoms with Gasteiger partial charge in [0.1, 0.15) is 0 Å². The Labute approximate surface area is 701 Å². The Morgan fingerprint density at radius 2 is 0.447 bits per heavy atom. The minimum atomic E-state index is 1.10. The zero-order valence-electron chi connectivity index (χ0n) is 79.0. The van der Waals surface area contributed by atoms with Crippen LogP contribution < -0.4 is 0 Å². The van der Waals surface area contributed by atoms with Crippen LogP contribution in [0.25, 0.3) is 66.8 Å². The smallest absolute Gasteiger partial charge is 0.00107 e. The van der Waals surface area contributed by atoms with Crippen molar-refractivity contribution in [2.45, 2.75) is 288 Å². The minimum absolute atomic E-state index is 1.10. The summed E-state index contributed by atoms with van der Waals surface area (Å²) >= 11 is 0. The van der Waals surface area contributed by atoms with Gasteiger partial charge in [0, 0.05) is 0 Å². The van der Waals surface area contributed by atoms with Gasteiger partial charge in [-0.1, -0.05) is 407 Å². The van der Waals surface area contributed by atoms with Crippen molar-refractivity contribution in [3.05, 3.63) is 352 Å². The lowest BCUT2D eigenvalue weighted by Crippen LogP contribution is -1.89. The highest BCUT2D eigenvalue weighted by atomic mass is 14.3. The molecule has 0 heterocycles. The maximum Gasteiger partial charge on any atom is -0.00107 e. The molecule has 0 saturated heterocycles. The molecule has 6 aliphatic rings. The first-order chi connectivity index (χ1) is 55.6. The molecule has 18 rings (SSSR count). The summed E-state index contributed by atoms with van der Waals surface area (Å²) in [6, 6.07) is 80.0. The lowest BCUT2D eigenvalue weighted by Gasteiger charge is -2.07. The Morgan fingerprint density at radius 3 is 0.904 bits per heavy atom. The molecule has 114 heavy (non-hydrogen) atoms. The summed E-state index contributed by atoms with van der Waals surface area (Å²) in [5.41, 5.74) is 52.0. The molecule has 0 nitrogen and oxygen atoms in total. The Bertz CT molecular complexity index is 4680. The number of fused-ring (bicyclic) bond motifs is 18. The monoisotopic (exact) mass is 1530 g/mol. The van der Waals surface area contributed by atoms with Crippen molar-refractivity contribution in [2.24, 2.45) is 0 Å². The average molecular weight is 1530 g/mol. The number of aryl methyl sites for hydroxylation is 11. The molecule has 0 fully saturated rings. The first-order valence-electron chi connectivity index (χ1n) is 44.6. The van der Waals surface area contributed by atoms with Crippen LogP contribution in [0.2, 0.25) is 0 Å². The van der Waals surface area contributed by atoms with Crippen LogP contribution in [0.4, 0.5) is 0 Å². The molecule has 0 atom stereocenters. The van der Waals surface area contributed by atoms with Gasteiger partial charge in [0.2, 0.25) is 0 Å². The van der Waals surface area contributed by atoms with Gasteiger partial charge in [-0.25, -0.2) is 0 Å². The summed E-state index contributed by atoms with van der Waals surface area (Å²) in [5, 5.41) is 0. The van der Waals surface area contributed by atoms with E-state index in [2.05, 4.69) is 301 Å². The minimum Gasteiger partial charge on any atom is -0.0683 e. The third-order valence-electron chi connectivity index (χ3n) is 20.1. The molecule has 0 aromatic heterocycles. The number of rotatable bonds is 0. The van der Waals surface area contributed by atoms with Crippen LogP contribution in [0.5, 0.6) is 0 Å². The van der Waals surface area contributed by atoms with E-state index in [1.807, 2.05) is 166 Å². The fraction of sp³-hybridized carbons (Fsp3) is 0.368. The van der Waals surface area contributed by atoms with Crippen molar-refractivity contribution in [2.75, 3.05) is 0 Å². The molecule has 0 amide bonds. The van der Waals surface area contributed by atoms with Crippen molar-refractivity contribution in [1.29, 1.82) is 0 Å². The zero-order valence-corrected chi connectivity index (χ0v) is 79.0. The molecule has 0 saturated carbocycles. The second-order valence-electron chi connectivity index (χ2n) is 26.5. The Kier molecular flexibility index (Phi) is 49.7. The van der Waals surface area contributed by atoms with Crippen LogP contribution in [0.1, 0.15) is 300 Å². The van der Waals surface area contributed by atoms with E-state index in [0.29, 0.717) is 0 Å². The Hall–Kier alpha value is -9.36. The Balaban J connectivity index is 0.000000648. The van der Waals surface area contributed by atoms with Crippen molar-refractivity contribution in [3.8, 4) is 66.8 Å². The number of hydrogen-bond donors (Lipinski definition) is 0. The molecule has 0 radical (unpaired) electrons. The highest BCUT2D eigenvalue weighted by Gasteiger charge is 2.25. The summed E-state index contributed by atoms with van der Waals surface area (Å²) in [4.78, 5) is 0. The van der Waals surface area contributed by atoms with Gasteiger partial charge in [0.25, 0.3) is 0 Å². The van der Waals surface area contributed by atoms with E-state index in [4.69, 9.17) is 0 Å². The van der Waals surface area contributed by atoms with Gasteiger partial charge in [-0.15, -0.1) is 0 Å². The van der Waals surface area contributed by atoms with Gasteiger partial charge in [0.15, 0.2) is 0 Å². The first kappa shape index (κ1) is 103. The van der Waals surface area contributed by atoms with E-state index in [1.54, 1.807) is 0 Å². The van der Waals surface area contributed by atoms with Gasteiger partial charge < -0.3 is 0 Å². The van der Waals surface area contributed by atoms with Gasteiger partial charge in [-0.3, -0.25) is 0 Å². The summed E-state index contributed by atoms with van der Waals surface area (Å²) in [7, 11) is 0. The molecule has 0 bridgehead atoms. The lowest BCUT2D eigenvalue weighted by molar-refractivity contribution is 1.19. The molecule has 0 aliphatic heterocycles. The maximum absolute atomic E-state index is 2.31. The molecule has 12 aromatic rings. The highest BCUT2D eigenvalue weighted by Crippen LogP contribution is 2.45. The molecule has 612 valence electrons. The summed E-state index contributed by atoms with van der Waals surface area (Å²) in [6.45, 7) is 74.4. The molecule has 0 heteroatoms. The molecule has 6 aliphatic carbocycles. The maximum atomic E-state index is 2.31. The third kappa shape index (κ3) is 25.8. The normalized spacial score (nSPS) is 10.4. The quantitative estimate of drug-likeness (QED) is 0.142. The van der Waals surface area contributed by atoms with E-state index in [1.165, 1.54) is 200 Å². The van der Waals surface area contributed by atoms with E-state index in [-0.39, 0.29) is 0 Å². The fourth-order valence-corrected chi connectivity index (χ4v) is 15.3. The van der Waals surface area contributed by atoms with Crippen LogP contribution >= 0.6 is 0 Å². The van der Waals surface area contributed by atoms with E-state index < -0.39 is 0 Å². The van der Waals surface area contributed by atoms with Crippen molar-refractivity contribution in [3.63, 3.8) is 0 Å². The average Bonchev–Trinajstić information content (AvgIpc) is 1.62. The molecular formula is C114H156. The van der Waals surface area contributed by atoms with Crippen molar-refractivity contribution >= 4 is 0 Å². The summed E-state index contributed by atoms with van der Waals surface area (Å²) < 4.78 is 0. The van der Waals surface area contributed by atoms with Crippen LogP contribution in [0, 0.1) is 83.1 Å². The largest absolute Gasteiger partial charge is 0.0683 e. The standard InChI is InChI=1S/6C15H14.12C2H6/c1-10-3-5-12-9-13-6-4-11(2)8-15(13)14(12)7-10;1-10-5-3-7-12-9-13-8-4-6-11(2)15(13)14(10)12;1-10-6-7-12-9-13-5-3-4-11(2)15(13)14(12)8-10;1-10-7-11(2)14-9-12-5-3-4-6-13(12)15(14)8-10;1-10-7-8-14-13-6-4-3-5-12(13)9-15(14)11(10)2;1-10-7-8-11(2)15-13-6-4-3-5-12(13)9-14(10)15;12*1-2/h6*3-8H,9H2,1-2H3;12*1-2H3. The topological polar surface area (TPSA) is 0 Å². The van der Waals surface area contributed by atoms with E-state index >= 15 is 0 Å².